The van der Waals surface area contributed by atoms with Gasteiger partial charge in [-0.3, -0.25) is 4.79 Å². The number of anilines is 1. The number of aliphatic hydroxyl groups excluding tert-OH is 1. The van der Waals surface area contributed by atoms with Crippen LogP contribution in [0, 0.1) is 5.92 Å². The quantitative estimate of drug-likeness (QED) is 0.741. The van der Waals surface area contributed by atoms with Crippen LogP contribution in [0.4, 0.5) is 19.0 Å². The third-order valence-corrected chi connectivity index (χ3v) is 5.56. The molecule has 6 nitrogen and oxygen atoms in total. The Kier molecular flexibility index (Phi) is 6.70. The molecular weight excluding hydrogens is 399 g/mol. The minimum atomic E-state index is -4.18. The number of halogens is 3. The number of hydrogen-bond donors (Lipinski definition) is 2. The number of piperidine rings is 1. The van der Waals surface area contributed by atoms with Crippen LogP contribution in [0.1, 0.15) is 36.5 Å². The molecule has 0 unspecified atom stereocenters. The Morgan fingerprint density at radius 3 is 2.60 bits per heavy atom. The molecule has 1 amide bonds. The van der Waals surface area contributed by atoms with E-state index < -0.39 is 12.1 Å². The molecule has 9 heteroatoms. The van der Waals surface area contributed by atoms with Gasteiger partial charge in [0, 0.05) is 30.1 Å². The molecule has 0 spiro atoms. The summed E-state index contributed by atoms with van der Waals surface area (Å²) in [6.07, 6.45) is -3.54. The fraction of sp³-hybridized carbons (Fsp3) is 0.524. The van der Waals surface area contributed by atoms with Crippen LogP contribution in [0.25, 0.3) is 10.8 Å². The molecule has 0 bridgehead atoms. The van der Waals surface area contributed by atoms with Crippen molar-refractivity contribution in [1.82, 2.24) is 10.3 Å². The molecule has 0 radical (unpaired) electrons. The zero-order valence-corrected chi connectivity index (χ0v) is 17.0. The van der Waals surface area contributed by atoms with Crippen molar-refractivity contribution in [2.24, 2.45) is 5.92 Å². The highest BCUT2D eigenvalue weighted by Gasteiger charge is 2.41. The number of hydrogen-bond acceptors (Lipinski definition) is 5. The Labute approximate surface area is 173 Å². The molecule has 30 heavy (non-hydrogen) atoms. The second kappa shape index (κ2) is 9.07. The van der Waals surface area contributed by atoms with Gasteiger partial charge in [-0.1, -0.05) is 6.92 Å². The number of amides is 1. The lowest BCUT2D eigenvalue weighted by molar-refractivity contribution is -0.179. The molecule has 2 aromatic rings. The highest BCUT2D eigenvalue weighted by Crippen LogP contribution is 2.37. The number of pyridine rings is 1. The number of rotatable bonds is 6. The standard InChI is InChI=1S/C21H26F3N3O3/c1-3-16(12-28)25-20(29)13-4-5-17-14(10-13)11-18(30-2)26-19(17)27-8-6-15(7-9-27)21(22,23)24/h4-5,10-11,15-16,28H,3,6-9,12H2,1-2H3,(H,25,29)/t16-/m1/s1. The maximum atomic E-state index is 13.0. The summed E-state index contributed by atoms with van der Waals surface area (Å²) in [7, 11) is 1.47. The molecule has 2 heterocycles. The largest absolute Gasteiger partial charge is 0.481 e. The van der Waals surface area contributed by atoms with E-state index >= 15 is 0 Å². The minimum absolute atomic E-state index is 0.0178. The topological polar surface area (TPSA) is 74.7 Å². The smallest absolute Gasteiger partial charge is 0.391 e. The van der Waals surface area contributed by atoms with Crippen LogP contribution in [0.5, 0.6) is 5.88 Å². The van der Waals surface area contributed by atoms with Gasteiger partial charge in [-0.05, 0) is 42.8 Å². The Balaban J connectivity index is 1.90. The lowest BCUT2D eigenvalue weighted by Gasteiger charge is -2.34. The maximum absolute atomic E-state index is 13.0. The summed E-state index contributed by atoms with van der Waals surface area (Å²) in [4.78, 5) is 18.8. The predicted molar refractivity (Wildman–Crippen MR) is 108 cm³/mol. The number of ether oxygens (including phenoxy) is 1. The molecule has 1 saturated heterocycles. The molecule has 0 aliphatic carbocycles. The molecule has 1 aliphatic heterocycles. The average molecular weight is 425 g/mol. The van der Waals surface area contributed by atoms with Crippen molar-refractivity contribution in [2.75, 3.05) is 31.7 Å². The van der Waals surface area contributed by atoms with E-state index in [1.807, 2.05) is 11.8 Å². The zero-order chi connectivity index (χ0) is 21.9. The summed E-state index contributed by atoms with van der Waals surface area (Å²) in [6, 6.07) is 6.47. The second-order valence-electron chi connectivity index (χ2n) is 7.49. The van der Waals surface area contributed by atoms with Crippen LogP contribution in [0.15, 0.2) is 24.3 Å². The fourth-order valence-electron chi connectivity index (χ4n) is 3.67. The molecular formula is C21H26F3N3O3. The van der Waals surface area contributed by atoms with E-state index in [2.05, 4.69) is 10.3 Å². The van der Waals surface area contributed by atoms with Gasteiger partial charge in [0.1, 0.15) is 5.82 Å². The molecule has 1 aliphatic rings. The van der Waals surface area contributed by atoms with Crippen molar-refractivity contribution in [2.45, 2.75) is 38.4 Å². The zero-order valence-electron chi connectivity index (χ0n) is 17.0. The number of carbonyl (C=O) groups excluding carboxylic acids is 1. The predicted octanol–water partition coefficient (Wildman–Crippen LogP) is 3.52. The number of nitrogens with one attached hydrogen (secondary N) is 1. The monoisotopic (exact) mass is 425 g/mol. The number of methoxy groups -OCH3 is 1. The first-order valence-electron chi connectivity index (χ1n) is 9.99. The number of benzene rings is 1. The van der Waals surface area contributed by atoms with Gasteiger partial charge in [0.15, 0.2) is 0 Å². The maximum Gasteiger partial charge on any atom is 0.391 e. The van der Waals surface area contributed by atoms with E-state index in [1.165, 1.54) is 7.11 Å². The van der Waals surface area contributed by atoms with Gasteiger partial charge in [0.05, 0.1) is 25.7 Å². The Morgan fingerprint density at radius 2 is 2.03 bits per heavy atom. The van der Waals surface area contributed by atoms with Gasteiger partial charge in [0.2, 0.25) is 5.88 Å². The molecule has 3 rings (SSSR count). The number of carbonyl (C=O) groups is 1. The number of fused-ring (bicyclic) bond motifs is 1. The summed E-state index contributed by atoms with van der Waals surface area (Å²) in [5.74, 6) is -0.714. The minimum Gasteiger partial charge on any atom is -0.481 e. The van der Waals surface area contributed by atoms with Crippen molar-refractivity contribution < 1.29 is 27.8 Å². The number of aliphatic hydroxyl groups is 1. The molecule has 1 aromatic carbocycles. The van der Waals surface area contributed by atoms with Gasteiger partial charge < -0.3 is 20.1 Å². The fourth-order valence-corrected chi connectivity index (χ4v) is 3.67. The number of aromatic nitrogens is 1. The highest BCUT2D eigenvalue weighted by molar-refractivity contribution is 6.01. The first-order valence-corrected chi connectivity index (χ1v) is 9.99. The van der Waals surface area contributed by atoms with E-state index in [9.17, 15) is 23.1 Å². The summed E-state index contributed by atoms with van der Waals surface area (Å²) in [5, 5.41) is 13.5. The molecule has 164 valence electrons. The van der Waals surface area contributed by atoms with Crippen LogP contribution >= 0.6 is 0 Å². The van der Waals surface area contributed by atoms with Crippen LogP contribution < -0.4 is 15.0 Å². The van der Waals surface area contributed by atoms with Crippen LogP contribution in [-0.4, -0.2) is 55.0 Å². The van der Waals surface area contributed by atoms with E-state index in [1.54, 1.807) is 24.3 Å². The normalized spacial score (nSPS) is 16.5. The summed E-state index contributed by atoms with van der Waals surface area (Å²) < 4.78 is 44.3. The summed E-state index contributed by atoms with van der Waals surface area (Å²) in [5.41, 5.74) is 0.421. The van der Waals surface area contributed by atoms with Crippen LogP contribution in [0.2, 0.25) is 0 Å². The summed E-state index contributed by atoms with van der Waals surface area (Å²) in [6.45, 7) is 2.21. The van der Waals surface area contributed by atoms with E-state index in [4.69, 9.17) is 4.74 Å². The highest BCUT2D eigenvalue weighted by atomic mass is 19.4. The second-order valence-corrected chi connectivity index (χ2v) is 7.49. The van der Waals surface area contributed by atoms with Crippen molar-refractivity contribution in [3.8, 4) is 5.88 Å². The number of nitrogens with zero attached hydrogens (tertiary/aromatic N) is 2. The van der Waals surface area contributed by atoms with Crippen molar-refractivity contribution >= 4 is 22.5 Å². The van der Waals surface area contributed by atoms with E-state index in [0.29, 0.717) is 29.1 Å². The Bertz CT molecular complexity index is 892. The first-order chi connectivity index (χ1) is 14.3. The molecule has 1 fully saturated rings. The molecule has 1 aromatic heterocycles. The van der Waals surface area contributed by atoms with Crippen molar-refractivity contribution in [3.05, 3.63) is 29.8 Å². The van der Waals surface area contributed by atoms with Gasteiger partial charge in [-0.2, -0.15) is 18.2 Å². The van der Waals surface area contributed by atoms with Gasteiger partial charge >= 0.3 is 6.18 Å². The van der Waals surface area contributed by atoms with Crippen LogP contribution in [0.3, 0.4) is 0 Å². The average Bonchev–Trinajstić information content (AvgIpc) is 2.75. The third kappa shape index (κ3) is 4.77. The van der Waals surface area contributed by atoms with Gasteiger partial charge in [0.25, 0.3) is 5.91 Å². The lowest BCUT2D eigenvalue weighted by atomic mass is 9.96. The van der Waals surface area contributed by atoms with Crippen molar-refractivity contribution in [3.63, 3.8) is 0 Å². The van der Waals surface area contributed by atoms with Gasteiger partial charge in [-0.25, -0.2) is 0 Å². The Morgan fingerprint density at radius 1 is 1.33 bits per heavy atom. The SMILES string of the molecule is CC[C@H](CO)NC(=O)c1ccc2c(N3CCC(C(F)(F)F)CC3)nc(OC)cc2c1. The molecule has 1 atom stereocenters. The summed E-state index contributed by atoms with van der Waals surface area (Å²) >= 11 is 0. The number of alkyl halides is 3. The van der Waals surface area contributed by atoms with Crippen molar-refractivity contribution in [1.29, 1.82) is 0 Å². The van der Waals surface area contributed by atoms with Crippen LogP contribution in [-0.2, 0) is 0 Å². The van der Waals surface area contributed by atoms with Gasteiger partial charge in [-0.15, -0.1) is 0 Å². The first kappa shape index (κ1) is 22.1. The van der Waals surface area contributed by atoms with E-state index in [0.717, 1.165) is 5.39 Å². The lowest BCUT2D eigenvalue weighted by Crippen LogP contribution is -2.39. The molecule has 0 saturated carbocycles. The molecule has 2 N–H and O–H groups in total. The third-order valence-electron chi connectivity index (χ3n) is 5.56. The Hall–Kier alpha value is -2.55. The van der Waals surface area contributed by atoms with E-state index in [-0.39, 0.29) is 44.5 Å².